The van der Waals surface area contributed by atoms with Gasteiger partial charge in [0.15, 0.2) is 0 Å². The van der Waals surface area contributed by atoms with Gasteiger partial charge in [-0.05, 0) is 25.8 Å². The molecule has 1 aromatic rings. The second-order valence-corrected chi connectivity index (χ2v) is 5.59. The van der Waals surface area contributed by atoms with E-state index in [0.717, 1.165) is 18.0 Å². The summed E-state index contributed by atoms with van der Waals surface area (Å²) < 4.78 is 1.79. The number of likely N-dealkylation sites (N-methyl/N-ethyl adjacent to an activating group) is 1. The lowest BCUT2D eigenvalue weighted by molar-refractivity contribution is 0.292. The van der Waals surface area contributed by atoms with Crippen molar-refractivity contribution in [2.75, 3.05) is 7.05 Å². The summed E-state index contributed by atoms with van der Waals surface area (Å²) in [6.45, 7) is 0. The van der Waals surface area contributed by atoms with E-state index in [1.54, 1.807) is 4.68 Å². The summed E-state index contributed by atoms with van der Waals surface area (Å²) in [6.07, 6.45) is 12.8. The predicted octanol–water partition coefficient (Wildman–Crippen LogP) is 2.31. The first kappa shape index (κ1) is 13.5. The first-order valence-electron chi connectivity index (χ1n) is 7.32. The van der Waals surface area contributed by atoms with Crippen LogP contribution >= 0.6 is 0 Å². The minimum Gasteiger partial charge on any atom is -0.316 e. The van der Waals surface area contributed by atoms with Crippen LogP contribution in [0.3, 0.4) is 0 Å². The van der Waals surface area contributed by atoms with Crippen LogP contribution in [0.1, 0.15) is 50.6 Å². The van der Waals surface area contributed by atoms with Crippen molar-refractivity contribution >= 4 is 0 Å². The first-order valence-corrected chi connectivity index (χ1v) is 7.32. The molecule has 1 saturated carbocycles. The van der Waals surface area contributed by atoms with Crippen molar-refractivity contribution in [2.45, 2.75) is 57.4 Å². The van der Waals surface area contributed by atoms with E-state index in [0.29, 0.717) is 6.04 Å². The third kappa shape index (κ3) is 3.80. The van der Waals surface area contributed by atoms with Crippen molar-refractivity contribution in [2.24, 2.45) is 13.0 Å². The maximum atomic E-state index is 4.21. The van der Waals surface area contributed by atoms with Crippen LogP contribution in [0.25, 0.3) is 0 Å². The topological polar surface area (TPSA) is 42.7 Å². The summed E-state index contributed by atoms with van der Waals surface area (Å²) in [5, 5.41) is 11.7. The molecule has 102 valence electrons. The zero-order chi connectivity index (χ0) is 12.8. The SMILES string of the molecule is CNC(Cc1cn(C)nn1)C1CCCCCCC1. The molecular weight excluding hydrogens is 224 g/mol. The van der Waals surface area contributed by atoms with Gasteiger partial charge in [0.25, 0.3) is 0 Å². The molecule has 0 aromatic carbocycles. The van der Waals surface area contributed by atoms with Gasteiger partial charge in [0.05, 0.1) is 5.69 Å². The van der Waals surface area contributed by atoms with E-state index in [2.05, 4.69) is 22.7 Å². The van der Waals surface area contributed by atoms with Gasteiger partial charge in [-0.25, -0.2) is 0 Å². The molecule has 18 heavy (non-hydrogen) atoms. The Bertz CT molecular complexity index is 339. The van der Waals surface area contributed by atoms with Gasteiger partial charge < -0.3 is 5.32 Å². The second kappa shape index (κ2) is 6.88. The quantitative estimate of drug-likeness (QED) is 0.891. The molecule has 1 heterocycles. The molecule has 1 unspecified atom stereocenters. The van der Waals surface area contributed by atoms with Crippen LogP contribution in [-0.4, -0.2) is 28.1 Å². The Kier molecular flexibility index (Phi) is 5.17. The lowest BCUT2D eigenvalue weighted by atomic mass is 9.84. The zero-order valence-corrected chi connectivity index (χ0v) is 11.7. The molecule has 1 N–H and O–H groups in total. The molecule has 1 aliphatic carbocycles. The average Bonchev–Trinajstić information content (AvgIpc) is 2.72. The first-order chi connectivity index (χ1) is 8.79. The van der Waals surface area contributed by atoms with Crippen LogP contribution in [-0.2, 0) is 13.5 Å². The van der Waals surface area contributed by atoms with Gasteiger partial charge in [-0.3, -0.25) is 4.68 Å². The minimum atomic E-state index is 0.555. The normalized spacial score (nSPS) is 20.3. The third-order valence-corrected chi connectivity index (χ3v) is 4.17. The second-order valence-electron chi connectivity index (χ2n) is 5.59. The van der Waals surface area contributed by atoms with E-state index in [1.165, 1.54) is 44.9 Å². The number of hydrogen-bond donors (Lipinski definition) is 1. The van der Waals surface area contributed by atoms with Gasteiger partial charge in [-0.15, -0.1) is 5.10 Å². The molecule has 2 rings (SSSR count). The van der Waals surface area contributed by atoms with Gasteiger partial charge in [0.1, 0.15) is 0 Å². The molecule has 4 heteroatoms. The molecule has 1 aliphatic rings. The third-order valence-electron chi connectivity index (χ3n) is 4.17. The Labute approximate surface area is 110 Å². The van der Waals surface area contributed by atoms with Crippen molar-refractivity contribution in [3.63, 3.8) is 0 Å². The minimum absolute atomic E-state index is 0.555. The number of aryl methyl sites for hydroxylation is 1. The summed E-state index contributed by atoms with van der Waals surface area (Å²) in [5.41, 5.74) is 1.11. The molecule has 1 atom stereocenters. The van der Waals surface area contributed by atoms with Crippen LogP contribution in [0.2, 0.25) is 0 Å². The molecule has 0 amide bonds. The summed E-state index contributed by atoms with van der Waals surface area (Å²) in [4.78, 5) is 0. The molecule has 4 nitrogen and oxygen atoms in total. The fraction of sp³-hybridized carbons (Fsp3) is 0.857. The Morgan fingerprint density at radius 1 is 1.28 bits per heavy atom. The molecule has 0 bridgehead atoms. The van der Waals surface area contributed by atoms with E-state index in [4.69, 9.17) is 0 Å². The number of nitrogens with zero attached hydrogens (tertiary/aromatic N) is 3. The number of rotatable bonds is 4. The van der Waals surface area contributed by atoms with E-state index < -0.39 is 0 Å². The predicted molar refractivity (Wildman–Crippen MR) is 73.4 cm³/mol. The highest BCUT2D eigenvalue weighted by Gasteiger charge is 2.21. The van der Waals surface area contributed by atoms with Gasteiger partial charge in [-0.1, -0.05) is 37.3 Å². The van der Waals surface area contributed by atoms with Gasteiger partial charge in [-0.2, -0.15) is 0 Å². The smallest absolute Gasteiger partial charge is 0.0842 e. The highest BCUT2D eigenvalue weighted by molar-refractivity contribution is 4.97. The van der Waals surface area contributed by atoms with Crippen LogP contribution in [0.5, 0.6) is 0 Å². The molecule has 1 fully saturated rings. The summed E-state index contributed by atoms with van der Waals surface area (Å²) in [7, 11) is 4.01. The van der Waals surface area contributed by atoms with Gasteiger partial charge in [0.2, 0.25) is 0 Å². The monoisotopic (exact) mass is 250 g/mol. The van der Waals surface area contributed by atoms with Gasteiger partial charge in [0, 0.05) is 25.7 Å². The van der Waals surface area contributed by atoms with Crippen molar-refractivity contribution in [3.05, 3.63) is 11.9 Å². The van der Waals surface area contributed by atoms with Crippen LogP contribution < -0.4 is 5.32 Å². The molecule has 1 aromatic heterocycles. The fourth-order valence-electron chi connectivity index (χ4n) is 3.11. The standard InChI is InChI=1S/C14H26N4/c1-15-14(10-13-11-18(2)17-16-13)12-8-6-4-3-5-7-9-12/h11-12,14-15H,3-10H2,1-2H3. The lowest BCUT2D eigenvalue weighted by Gasteiger charge is -2.28. The van der Waals surface area contributed by atoms with Crippen LogP contribution in [0, 0.1) is 5.92 Å². The zero-order valence-electron chi connectivity index (χ0n) is 11.7. The highest BCUT2D eigenvalue weighted by atomic mass is 15.4. The van der Waals surface area contributed by atoms with Crippen LogP contribution in [0.4, 0.5) is 0 Å². The average molecular weight is 250 g/mol. The number of hydrogen-bond acceptors (Lipinski definition) is 3. The van der Waals surface area contributed by atoms with Crippen LogP contribution in [0.15, 0.2) is 6.20 Å². The molecule has 0 saturated heterocycles. The summed E-state index contributed by atoms with van der Waals surface area (Å²) in [5.74, 6) is 0.803. The molecule has 0 radical (unpaired) electrons. The summed E-state index contributed by atoms with van der Waals surface area (Å²) >= 11 is 0. The van der Waals surface area contributed by atoms with E-state index in [-0.39, 0.29) is 0 Å². The molecular formula is C14H26N4. The Balaban J connectivity index is 1.93. The number of nitrogens with one attached hydrogen (secondary N) is 1. The molecule has 0 aliphatic heterocycles. The number of aromatic nitrogens is 3. The fourth-order valence-corrected chi connectivity index (χ4v) is 3.11. The Morgan fingerprint density at radius 2 is 1.94 bits per heavy atom. The van der Waals surface area contributed by atoms with Crippen molar-refractivity contribution in [3.8, 4) is 0 Å². The van der Waals surface area contributed by atoms with Crippen molar-refractivity contribution in [1.29, 1.82) is 0 Å². The van der Waals surface area contributed by atoms with Gasteiger partial charge >= 0.3 is 0 Å². The Morgan fingerprint density at radius 3 is 2.50 bits per heavy atom. The largest absolute Gasteiger partial charge is 0.316 e. The van der Waals surface area contributed by atoms with E-state index >= 15 is 0 Å². The molecule has 0 spiro atoms. The lowest BCUT2D eigenvalue weighted by Crippen LogP contribution is -2.36. The van der Waals surface area contributed by atoms with Crippen molar-refractivity contribution < 1.29 is 0 Å². The van der Waals surface area contributed by atoms with E-state index in [9.17, 15) is 0 Å². The summed E-state index contributed by atoms with van der Waals surface area (Å²) in [6, 6.07) is 0.555. The maximum absolute atomic E-state index is 4.21. The maximum Gasteiger partial charge on any atom is 0.0842 e. The van der Waals surface area contributed by atoms with Crippen molar-refractivity contribution in [1.82, 2.24) is 20.3 Å². The Hall–Kier alpha value is -0.900. The highest BCUT2D eigenvalue weighted by Crippen LogP contribution is 2.26. The van der Waals surface area contributed by atoms with E-state index in [1.807, 2.05) is 13.2 Å².